The summed E-state index contributed by atoms with van der Waals surface area (Å²) in [5.74, 6) is 0. The van der Waals surface area contributed by atoms with Crippen molar-refractivity contribution in [3.05, 3.63) is 24.3 Å². The summed E-state index contributed by atoms with van der Waals surface area (Å²) in [5, 5.41) is 0. The fraction of sp³-hybridized carbons (Fsp3) is 0.905. The third-order valence-corrected chi connectivity index (χ3v) is 11.2. The Bertz CT molecular complexity index is 682. The zero-order valence-electron chi connectivity index (χ0n) is 32.8. The molecule has 0 atom stereocenters. The first-order valence-corrected chi connectivity index (χ1v) is 22.5. The van der Waals surface area contributed by atoms with E-state index >= 15 is 0 Å². The molecule has 0 unspecified atom stereocenters. The Balaban J connectivity index is 3.91. The van der Waals surface area contributed by atoms with Crippen LogP contribution in [0.15, 0.2) is 24.3 Å². The van der Waals surface area contributed by atoms with Gasteiger partial charge in [-0.15, -0.1) is 0 Å². The van der Waals surface area contributed by atoms with Gasteiger partial charge in [-0.2, -0.15) is 0 Å². The molecule has 280 valence electrons. The summed E-state index contributed by atoms with van der Waals surface area (Å²) in [6.45, 7) is 6.68. The zero-order chi connectivity index (χ0) is 34.6. The van der Waals surface area contributed by atoms with Gasteiger partial charge in [0.1, 0.15) is 0 Å². The van der Waals surface area contributed by atoms with E-state index in [1.165, 1.54) is 154 Å². The highest BCUT2D eigenvalue weighted by molar-refractivity contribution is 7.53. The van der Waals surface area contributed by atoms with Gasteiger partial charge in [0, 0.05) is 6.42 Å². The van der Waals surface area contributed by atoms with Crippen molar-refractivity contribution in [1.29, 1.82) is 0 Å². The maximum Gasteiger partial charge on any atom is 0.330 e. The van der Waals surface area contributed by atoms with Crippen LogP contribution in [0.2, 0.25) is 0 Å². The topological polar surface area (TPSA) is 35.5 Å². The van der Waals surface area contributed by atoms with E-state index in [4.69, 9.17) is 9.05 Å². The lowest BCUT2D eigenvalue weighted by Crippen LogP contribution is -2.35. The van der Waals surface area contributed by atoms with E-state index in [0.29, 0.717) is 19.4 Å². The van der Waals surface area contributed by atoms with Crippen LogP contribution in [0.25, 0.3) is 0 Å². The Morgan fingerprint density at radius 1 is 0.426 bits per heavy atom. The number of unbranched alkanes of at least 4 members (excludes halogenated alkanes) is 24. The lowest BCUT2D eigenvalue weighted by molar-refractivity contribution is -0.870. The Hall–Kier alpha value is -0.410. The van der Waals surface area contributed by atoms with Crippen LogP contribution >= 0.6 is 7.60 Å². The van der Waals surface area contributed by atoms with Crippen LogP contribution in [0.4, 0.5) is 0 Å². The van der Waals surface area contributed by atoms with Crippen molar-refractivity contribution in [1.82, 2.24) is 0 Å². The maximum atomic E-state index is 13.6. The minimum Gasteiger partial charge on any atom is -0.331 e. The third kappa shape index (κ3) is 38.2. The summed E-state index contributed by atoms with van der Waals surface area (Å²) >= 11 is 0. The first kappa shape index (κ1) is 46.6. The van der Waals surface area contributed by atoms with E-state index in [0.717, 1.165) is 43.1 Å². The molecule has 0 aromatic rings. The first-order chi connectivity index (χ1) is 22.8. The van der Waals surface area contributed by atoms with E-state index in [1.807, 2.05) is 0 Å². The van der Waals surface area contributed by atoms with Crippen LogP contribution < -0.4 is 0 Å². The number of hydrogen-bond acceptors (Lipinski definition) is 3. The second-order valence-electron chi connectivity index (χ2n) is 15.2. The highest BCUT2D eigenvalue weighted by Crippen LogP contribution is 2.49. The highest BCUT2D eigenvalue weighted by atomic mass is 31.2. The van der Waals surface area contributed by atoms with Gasteiger partial charge in [-0.25, -0.2) is 0 Å². The monoisotopic (exact) mass is 683 g/mol. The van der Waals surface area contributed by atoms with Crippen molar-refractivity contribution in [3.63, 3.8) is 0 Å². The second kappa shape index (κ2) is 35.4. The molecule has 0 radical (unpaired) electrons. The van der Waals surface area contributed by atoms with Gasteiger partial charge in [0.25, 0.3) is 0 Å². The van der Waals surface area contributed by atoms with Crippen LogP contribution in [0, 0.1) is 0 Å². The third-order valence-electron chi connectivity index (χ3n) is 9.15. The van der Waals surface area contributed by atoms with Crippen molar-refractivity contribution in [2.45, 2.75) is 200 Å². The summed E-state index contributed by atoms with van der Waals surface area (Å²) in [5.41, 5.74) is 0. The predicted molar refractivity (Wildman–Crippen MR) is 211 cm³/mol. The van der Waals surface area contributed by atoms with E-state index < -0.39 is 7.60 Å². The molecular formula is C42H85NO3P+. The Morgan fingerprint density at radius 3 is 1.04 bits per heavy atom. The second-order valence-corrected chi connectivity index (χ2v) is 17.4. The molecule has 0 aliphatic heterocycles. The van der Waals surface area contributed by atoms with E-state index in [2.05, 4.69) is 59.3 Å². The van der Waals surface area contributed by atoms with Crippen LogP contribution in [-0.4, -0.2) is 51.5 Å². The summed E-state index contributed by atoms with van der Waals surface area (Å²) in [7, 11) is 3.55. The van der Waals surface area contributed by atoms with Gasteiger partial charge >= 0.3 is 7.60 Å². The first-order valence-electron chi connectivity index (χ1n) is 20.8. The molecule has 0 aromatic carbocycles. The molecule has 0 fully saturated rings. The van der Waals surface area contributed by atoms with Crippen molar-refractivity contribution < 1.29 is 18.1 Å². The standard InChI is InChI=1S/C42H85NO3P/c1-6-8-10-12-14-16-18-20-22-24-26-28-30-32-34-36-40-45-47(44,42-38-39-43(3,4)5)46-41-37-35-33-31-29-27-25-23-21-19-17-15-13-11-9-7-2/h20-23H,6-19,24-42H2,1-5H3/q+1/b22-20+,23-21+. The van der Waals surface area contributed by atoms with Crippen molar-refractivity contribution >= 4 is 7.60 Å². The summed E-state index contributed by atoms with van der Waals surface area (Å²) in [4.78, 5) is 0. The molecule has 5 heteroatoms. The molecule has 0 N–H and O–H groups in total. The van der Waals surface area contributed by atoms with E-state index in [-0.39, 0.29) is 0 Å². The van der Waals surface area contributed by atoms with Gasteiger partial charge in [0.15, 0.2) is 0 Å². The minimum atomic E-state index is -3.01. The number of rotatable bonds is 38. The van der Waals surface area contributed by atoms with Crippen molar-refractivity contribution in [2.24, 2.45) is 0 Å². The van der Waals surface area contributed by atoms with E-state index in [9.17, 15) is 4.57 Å². The van der Waals surface area contributed by atoms with Gasteiger partial charge in [0.05, 0.1) is 47.1 Å². The lowest BCUT2D eigenvalue weighted by Gasteiger charge is -2.25. The number of allylic oxidation sites excluding steroid dienone is 4. The number of nitrogens with zero attached hydrogens (tertiary/aromatic N) is 1. The highest BCUT2D eigenvalue weighted by Gasteiger charge is 2.25. The van der Waals surface area contributed by atoms with Gasteiger partial charge in [-0.05, 0) is 64.2 Å². The smallest absolute Gasteiger partial charge is 0.330 e. The molecule has 0 spiro atoms. The molecule has 0 amide bonds. The average Bonchev–Trinajstić information content (AvgIpc) is 3.03. The van der Waals surface area contributed by atoms with Gasteiger partial charge in [-0.1, -0.05) is 154 Å². The zero-order valence-corrected chi connectivity index (χ0v) is 33.7. The Morgan fingerprint density at radius 2 is 0.723 bits per heavy atom. The van der Waals surface area contributed by atoms with E-state index in [1.54, 1.807) is 0 Å². The molecule has 0 aromatic heterocycles. The molecule has 47 heavy (non-hydrogen) atoms. The Kier molecular flexibility index (Phi) is 35.1. The number of hydrogen-bond donors (Lipinski definition) is 0. The summed E-state index contributed by atoms with van der Waals surface area (Å²) in [6.07, 6.45) is 47.1. The van der Waals surface area contributed by atoms with Crippen LogP contribution in [0.1, 0.15) is 200 Å². The molecule has 0 heterocycles. The lowest BCUT2D eigenvalue weighted by atomic mass is 10.1. The molecule has 0 saturated carbocycles. The van der Waals surface area contributed by atoms with Crippen molar-refractivity contribution in [3.8, 4) is 0 Å². The molecule has 4 nitrogen and oxygen atoms in total. The molecular weight excluding hydrogens is 597 g/mol. The fourth-order valence-corrected chi connectivity index (χ4v) is 7.69. The van der Waals surface area contributed by atoms with Gasteiger partial charge in [-0.3, -0.25) is 4.57 Å². The molecule has 0 bridgehead atoms. The molecule has 0 saturated heterocycles. The minimum absolute atomic E-state index is 0.543. The van der Waals surface area contributed by atoms with Crippen LogP contribution in [0.3, 0.4) is 0 Å². The maximum absolute atomic E-state index is 13.6. The van der Waals surface area contributed by atoms with Crippen molar-refractivity contribution in [2.75, 3.05) is 47.1 Å². The van der Waals surface area contributed by atoms with Crippen LogP contribution in [0.5, 0.6) is 0 Å². The Labute approximate surface area is 296 Å². The summed E-state index contributed by atoms with van der Waals surface area (Å²) < 4.78 is 26.4. The van der Waals surface area contributed by atoms with Gasteiger partial charge < -0.3 is 13.5 Å². The fourth-order valence-electron chi connectivity index (χ4n) is 6.01. The average molecular weight is 683 g/mol. The predicted octanol–water partition coefficient (Wildman–Crippen LogP) is 14.4. The largest absolute Gasteiger partial charge is 0.331 e. The SMILES string of the molecule is CCCCCCCC/C=C/CCCCCCCCOP(=O)(CCC[N+](C)(C)C)OCCCCCCCC/C=C/CCCCCCCC. The number of quaternary nitrogens is 1. The normalized spacial score (nSPS) is 12.7. The molecule has 0 aliphatic carbocycles. The van der Waals surface area contributed by atoms with Gasteiger partial charge in [0.2, 0.25) is 0 Å². The molecule has 0 rings (SSSR count). The quantitative estimate of drug-likeness (QED) is 0.0281. The molecule has 0 aliphatic rings. The summed E-state index contributed by atoms with van der Waals surface area (Å²) in [6, 6.07) is 0. The van der Waals surface area contributed by atoms with Crippen LogP contribution in [-0.2, 0) is 13.6 Å².